The number of imidazole rings is 1. The number of carbonyl (C=O) groups is 1. The van der Waals surface area contributed by atoms with Gasteiger partial charge in [-0.1, -0.05) is 36.3 Å². The third kappa shape index (κ3) is 6.99. The van der Waals surface area contributed by atoms with Crippen molar-refractivity contribution in [2.75, 3.05) is 19.0 Å². The Balaban J connectivity index is 1.41. The average Bonchev–Trinajstić information content (AvgIpc) is 3.50. The summed E-state index contributed by atoms with van der Waals surface area (Å²) in [7, 11) is -4.26. The molecule has 0 aliphatic carbocycles. The summed E-state index contributed by atoms with van der Waals surface area (Å²) in [6.45, 7) is 1.00. The van der Waals surface area contributed by atoms with E-state index in [1.165, 1.54) is 13.8 Å². The zero-order valence-electron chi connectivity index (χ0n) is 22.9. The van der Waals surface area contributed by atoms with E-state index in [0.717, 1.165) is 16.5 Å². The van der Waals surface area contributed by atoms with E-state index in [1.807, 2.05) is 0 Å². The average molecular weight is 641 g/mol. The summed E-state index contributed by atoms with van der Waals surface area (Å²) < 4.78 is 38.5. The van der Waals surface area contributed by atoms with Crippen molar-refractivity contribution in [3.8, 4) is 11.2 Å². The van der Waals surface area contributed by atoms with Crippen LogP contribution < -0.4 is 16.4 Å². The number of H-pyrrole nitrogens is 1. The number of hydrogen-bond acceptors (Lipinski definition) is 12. The van der Waals surface area contributed by atoms with Gasteiger partial charge in [0.25, 0.3) is 5.56 Å². The van der Waals surface area contributed by atoms with Crippen molar-refractivity contribution >= 4 is 41.7 Å². The first-order valence-electron chi connectivity index (χ1n) is 12.7. The number of nitrogens with zero attached hydrogens (tertiary/aromatic N) is 3. The number of fused-ring (bicyclic) bond motifs is 1. The number of ether oxygens (including phenoxy) is 1. The van der Waals surface area contributed by atoms with Gasteiger partial charge in [0.1, 0.15) is 25.0 Å². The lowest BCUT2D eigenvalue weighted by Gasteiger charge is -2.31. The topological polar surface area (TPSA) is 235 Å². The number of thioether (sulfide) groups is 1. The fourth-order valence-corrected chi connectivity index (χ4v) is 5.67. The van der Waals surface area contributed by atoms with Crippen LogP contribution in [-0.2, 0) is 25.2 Å². The van der Waals surface area contributed by atoms with Gasteiger partial charge in [0.15, 0.2) is 23.0 Å². The number of anilines is 1. The summed E-state index contributed by atoms with van der Waals surface area (Å²) in [4.78, 5) is 45.0. The van der Waals surface area contributed by atoms with Gasteiger partial charge in [-0.05, 0) is 24.7 Å². The number of nitrogens with one attached hydrogen (secondary N) is 2. The highest BCUT2D eigenvalue weighted by atomic mass is 32.2. The quantitative estimate of drug-likeness (QED) is 0.116. The summed E-state index contributed by atoms with van der Waals surface area (Å²) >= 11 is 0.415. The van der Waals surface area contributed by atoms with Crippen molar-refractivity contribution in [2.45, 2.75) is 50.5 Å². The van der Waals surface area contributed by atoms with Gasteiger partial charge in [-0.3, -0.25) is 23.7 Å². The van der Waals surface area contributed by atoms with Gasteiger partial charge >= 0.3 is 7.75 Å². The van der Waals surface area contributed by atoms with Crippen molar-refractivity contribution in [1.29, 1.82) is 0 Å². The standard InChI is InChI=1S/C25H30FN6O9PS/c1-24(2,12-40-42(38,39)29-10-14-6-4-3-5-7-14)22(37)43-9-8-15(33)25(11-26)18(35)17(34)21(41-25)32-13-28-16-19(32)30-23(27)31-20(16)36/h3-7,13,15,17-18,21,33-35H,10-12H2,1-2H3,(H2,29,38,39)(H3,27,30,31,36)/t15?,17-,18+,21-,25-/m1/s1. The van der Waals surface area contributed by atoms with Crippen LogP contribution in [0.3, 0.4) is 0 Å². The number of hydrogen-bond donors (Lipinski definition) is 7. The highest BCUT2D eigenvalue weighted by molar-refractivity contribution is 8.17. The summed E-state index contributed by atoms with van der Waals surface area (Å²) in [6.07, 6.45) is -6.34. The second-order valence-electron chi connectivity index (χ2n) is 10.3. The van der Waals surface area contributed by atoms with Gasteiger partial charge in [0.05, 0.1) is 18.3 Å². The lowest BCUT2D eigenvalue weighted by molar-refractivity contribution is -0.155. The Morgan fingerprint density at radius 2 is 2.09 bits per heavy atom. The van der Waals surface area contributed by atoms with Gasteiger partial charge in [-0.25, -0.2) is 19.0 Å². The molecule has 18 heteroatoms. The van der Waals surface area contributed by atoms with Gasteiger partial charge in [-0.2, -0.15) is 4.98 Å². The van der Waals surface area contributed by atoms with Crippen LogP contribution in [0.25, 0.3) is 11.2 Å². The molecule has 2 aromatic heterocycles. The fraction of sp³-hybridized carbons (Fsp3) is 0.440. The highest BCUT2D eigenvalue weighted by Crippen LogP contribution is 2.42. The molecule has 0 amide bonds. The normalized spacial score (nSPS) is 24.3. The largest absolute Gasteiger partial charge is 0.403 e. The Morgan fingerprint density at radius 3 is 2.77 bits per heavy atom. The van der Waals surface area contributed by atoms with Crippen LogP contribution in [0.15, 0.2) is 41.5 Å². The maximum atomic E-state index is 14.4. The molecule has 0 radical (unpaired) electrons. The third-order valence-electron chi connectivity index (χ3n) is 6.67. The Morgan fingerprint density at radius 1 is 1.40 bits per heavy atom. The van der Waals surface area contributed by atoms with E-state index in [1.54, 1.807) is 30.3 Å². The summed E-state index contributed by atoms with van der Waals surface area (Å²) in [6, 6.07) is 8.84. The van der Waals surface area contributed by atoms with Crippen molar-refractivity contribution in [1.82, 2.24) is 24.6 Å². The lowest BCUT2D eigenvalue weighted by atomic mass is 9.91. The minimum atomic E-state index is -4.26. The molecule has 1 saturated heterocycles. The van der Waals surface area contributed by atoms with Gasteiger partial charge in [-0.15, -0.1) is 0 Å². The van der Waals surface area contributed by atoms with Gasteiger partial charge in [0, 0.05) is 18.3 Å². The van der Waals surface area contributed by atoms with Crippen LogP contribution in [0, 0.1) is 16.6 Å². The molecule has 1 aliphatic heterocycles. The smallest absolute Gasteiger partial charge is 0.387 e. The van der Waals surface area contributed by atoms with Crippen molar-refractivity contribution in [3.63, 3.8) is 0 Å². The number of alkyl halides is 1. The number of nitrogen functional groups attached to an aromatic ring is 1. The van der Waals surface area contributed by atoms with E-state index < -0.39 is 67.3 Å². The van der Waals surface area contributed by atoms with Crippen LogP contribution in [0.5, 0.6) is 0 Å². The van der Waals surface area contributed by atoms with Crippen LogP contribution in [0.4, 0.5) is 10.3 Å². The Hall–Kier alpha value is -3.17. The van der Waals surface area contributed by atoms with E-state index in [2.05, 4.69) is 31.2 Å². The molecule has 1 aromatic carbocycles. The molecule has 2 unspecified atom stereocenters. The molecule has 6 atom stereocenters. The lowest BCUT2D eigenvalue weighted by Crippen LogP contribution is -2.53. The first-order chi connectivity index (χ1) is 20.2. The van der Waals surface area contributed by atoms with Crippen LogP contribution in [0.2, 0.25) is 0 Å². The monoisotopic (exact) mass is 640 g/mol. The minimum Gasteiger partial charge on any atom is -0.387 e. The molecule has 0 saturated carbocycles. The van der Waals surface area contributed by atoms with Gasteiger partial charge in [0.2, 0.25) is 11.1 Å². The Bertz CT molecular complexity index is 1640. The fourth-order valence-electron chi connectivity index (χ4n) is 4.10. The molecule has 4 rings (SSSR count). The van der Waals surface area contributed by atoms with E-state index in [0.29, 0.717) is 11.8 Å². The van der Waals surface area contributed by atoms with Crippen LogP contribution in [0.1, 0.15) is 25.6 Å². The molecule has 15 nitrogen and oxygen atoms in total. The summed E-state index contributed by atoms with van der Waals surface area (Å²) in [5.74, 6) is 1.97. The highest BCUT2D eigenvalue weighted by Gasteiger charge is 2.59. The minimum absolute atomic E-state index is 0.0564. The zero-order chi connectivity index (χ0) is 31.6. The van der Waals surface area contributed by atoms with E-state index in [-0.39, 0.29) is 23.7 Å². The molecule has 43 heavy (non-hydrogen) atoms. The molecular weight excluding hydrogens is 610 g/mol. The molecule has 1 aliphatic rings. The second-order valence-corrected chi connectivity index (χ2v) is 12.7. The first-order valence-corrected chi connectivity index (χ1v) is 15.1. The number of aromatic nitrogens is 4. The molecule has 232 valence electrons. The van der Waals surface area contributed by atoms with Crippen molar-refractivity contribution in [3.05, 3.63) is 52.6 Å². The number of aliphatic hydroxyl groups is 3. The van der Waals surface area contributed by atoms with E-state index >= 15 is 0 Å². The number of halogens is 1. The molecule has 0 bridgehead atoms. The molecule has 3 heterocycles. The third-order valence-corrected chi connectivity index (χ3v) is 8.67. The number of aliphatic hydroxyl groups excluding tert-OH is 3. The molecule has 0 spiro atoms. The predicted molar refractivity (Wildman–Crippen MR) is 153 cm³/mol. The van der Waals surface area contributed by atoms with Crippen molar-refractivity contribution in [2.24, 2.45) is 5.41 Å². The van der Waals surface area contributed by atoms with Crippen molar-refractivity contribution < 1.29 is 43.2 Å². The Labute approximate surface area is 248 Å². The number of aromatic amines is 1. The molecule has 1 fully saturated rings. The molecule has 3 aromatic rings. The SMILES string of the molecule is CC(C)(COP(=O)(O)NCc1ccccc1)C(=O)SC#CC(O)[C@@]1(CF)O[C@@H](n2cnc3c(=O)[nH]c(N)nc32)[C@H](O)[C@@H]1O. The van der Waals surface area contributed by atoms with Gasteiger partial charge < -0.3 is 30.7 Å². The summed E-state index contributed by atoms with van der Waals surface area (Å²) in [5.41, 5.74) is 1.60. The molecule has 8 N–H and O–H groups in total. The number of carbonyl (C=O) groups excluding carboxylic acids is 1. The molecular formula is C25H30FN6O9PS. The maximum absolute atomic E-state index is 14.4. The van der Waals surface area contributed by atoms with E-state index in [9.17, 15) is 38.8 Å². The predicted octanol–water partition coefficient (Wildman–Crippen LogP) is 0.175. The number of rotatable bonds is 10. The van der Waals surface area contributed by atoms with E-state index in [4.69, 9.17) is 15.0 Å². The number of benzene rings is 1. The summed E-state index contributed by atoms with van der Waals surface area (Å²) in [5, 5.41) is 36.2. The van der Waals surface area contributed by atoms with Crippen LogP contribution in [-0.4, -0.2) is 82.0 Å². The zero-order valence-corrected chi connectivity index (χ0v) is 24.6. The second kappa shape index (κ2) is 12.8. The van der Waals surface area contributed by atoms with Crippen LogP contribution >= 0.6 is 19.5 Å². The first kappa shape index (κ1) is 32.7. The maximum Gasteiger partial charge on any atom is 0.403 e. The number of nitrogens with two attached hydrogens (primary N) is 1. The Kier molecular flexibility index (Phi) is 9.76.